The van der Waals surface area contributed by atoms with Crippen molar-refractivity contribution in [3.8, 4) is 0 Å². The third-order valence-electron chi connectivity index (χ3n) is 6.69. The van der Waals surface area contributed by atoms with E-state index in [1.807, 2.05) is 39.5 Å². The minimum Gasteiger partial charge on any atom is -0.444 e. The van der Waals surface area contributed by atoms with Gasteiger partial charge in [0.05, 0.1) is 18.3 Å². The second kappa shape index (κ2) is 11.3. The van der Waals surface area contributed by atoms with E-state index >= 15 is 0 Å². The van der Waals surface area contributed by atoms with Gasteiger partial charge >= 0.3 is 6.09 Å². The largest absolute Gasteiger partial charge is 0.444 e. The van der Waals surface area contributed by atoms with Gasteiger partial charge in [0.15, 0.2) is 5.84 Å². The molecule has 3 aliphatic heterocycles. The number of nitrogen functional groups attached to an aromatic ring is 1. The third-order valence-corrected chi connectivity index (χ3v) is 6.69. The number of carbonyl (C=O) groups excluding carboxylic acids is 2. The smallest absolute Gasteiger partial charge is 0.410 e. The third kappa shape index (κ3) is 6.10. The summed E-state index contributed by atoms with van der Waals surface area (Å²) in [4.78, 5) is 34.8. The monoisotopic (exact) mass is 513 g/mol. The van der Waals surface area contributed by atoms with Crippen LogP contribution in [0.25, 0.3) is 0 Å². The number of hydrogen-bond donors (Lipinski definition) is 4. The van der Waals surface area contributed by atoms with Crippen LogP contribution in [0.5, 0.6) is 0 Å². The van der Waals surface area contributed by atoms with Crippen molar-refractivity contribution < 1.29 is 19.4 Å². The summed E-state index contributed by atoms with van der Waals surface area (Å²) in [6, 6.07) is 3.11. The number of hydrogen-bond acceptors (Lipinski definition) is 9. The van der Waals surface area contributed by atoms with E-state index in [2.05, 4.69) is 4.98 Å². The van der Waals surface area contributed by atoms with Crippen LogP contribution in [0, 0.1) is 16.7 Å². The van der Waals surface area contributed by atoms with Crippen molar-refractivity contribution in [3.63, 3.8) is 0 Å². The fourth-order valence-electron chi connectivity index (χ4n) is 4.96. The van der Waals surface area contributed by atoms with Crippen molar-refractivity contribution in [2.45, 2.75) is 65.1 Å². The lowest BCUT2D eigenvalue weighted by atomic mass is 9.95. The molecule has 0 bridgehead atoms. The minimum atomic E-state index is -0.575. The molecule has 3 atom stereocenters. The van der Waals surface area contributed by atoms with Crippen LogP contribution in [0.4, 0.5) is 10.5 Å². The van der Waals surface area contributed by atoms with Gasteiger partial charge in [0.25, 0.3) is 0 Å². The SMILES string of the molecule is CCC1CN(C(=O)OC(C)(C)C)CCN1C1=C2C(C)CC(CO)N2C(=N)C(=N)C1=O.Nc1ccncc1. The fourth-order valence-corrected chi connectivity index (χ4v) is 4.96. The molecule has 0 saturated carbocycles. The molecule has 1 amide bonds. The van der Waals surface area contributed by atoms with E-state index < -0.39 is 11.4 Å². The van der Waals surface area contributed by atoms with Crippen molar-refractivity contribution in [2.75, 3.05) is 32.0 Å². The number of allylic oxidation sites excluding steroid dienone is 2. The number of aliphatic hydroxyl groups is 1. The maximum absolute atomic E-state index is 13.1. The van der Waals surface area contributed by atoms with Gasteiger partial charge in [-0.1, -0.05) is 13.8 Å². The number of Topliss-reactive ketones (excluding diaryl/α,β-unsaturated/α-hetero) is 1. The number of ether oxygens (including phenoxy) is 1. The predicted octanol–water partition coefficient (Wildman–Crippen LogP) is 2.48. The van der Waals surface area contributed by atoms with Gasteiger partial charge in [-0.3, -0.25) is 20.6 Å². The Kier molecular flexibility index (Phi) is 8.57. The van der Waals surface area contributed by atoms with Gasteiger partial charge in [0.2, 0.25) is 5.78 Å². The maximum Gasteiger partial charge on any atom is 0.410 e. The van der Waals surface area contributed by atoms with E-state index in [1.165, 1.54) is 0 Å². The van der Waals surface area contributed by atoms with Crippen molar-refractivity contribution in [1.82, 2.24) is 19.7 Å². The maximum atomic E-state index is 13.1. The molecule has 37 heavy (non-hydrogen) atoms. The molecular weight excluding hydrogens is 474 g/mol. The molecule has 4 heterocycles. The average molecular weight is 514 g/mol. The Labute approximate surface area is 218 Å². The molecular formula is C26H39N7O4. The molecule has 0 aromatic carbocycles. The highest BCUT2D eigenvalue weighted by Gasteiger charge is 2.48. The lowest BCUT2D eigenvalue weighted by molar-refractivity contribution is -0.112. The zero-order valence-electron chi connectivity index (χ0n) is 22.3. The molecule has 11 nitrogen and oxygen atoms in total. The highest BCUT2D eigenvalue weighted by atomic mass is 16.6. The summed E-state index contributed by atoms with van der Waals surface area (Å²) in [6.45, 7) is 10.7. The van der Waals surface area contributed by atoms with Crippen LogP contribution in [0.3, 0.4) is 0 Å². The normalized spacial score (nSPS) is 24.1. The molecule has 3 aliphatic rings. The molecule has 202 valence electrons. The fraction of sp³-hybridized carbons (Fsp3) is 0.577. The minimum absolute atomic E-state index is 0.00376. The Hall–Kier alpha value is -3.47. The zero-order chi connectivity index (χ0) is 27.5. The number of amides is 1. The van der Waals surface area contributed by atoms with Crippen molar-refractivity contribution in [3.05, 3.63) is 35.9 Å². The second-order valence-corrected chi connectivity index (χ2v) is 10.6. The predicted molar refractivity (Wildman–Crippen MR) is 141 cm³/mol. The number of carbonyl (C=O) groups is 2. The summed E-state index contributed by atoms with van der Waals surface area (Å²) in [5.41, 5.74) is 6.34. The molecule has 0 aliphatic carbocycles. The molecule has 2 saturated heterocycles. The van der Waals surface area contributed by atoms with E-state index in [-0.39, 0.29) is 42.2 Å². The summed E-state index contributed by atoms with van der Waals surface area (Å²) >= 11 is 0. The topological polar surface area (TPSA) is 160 Å². The van der Waals surface area contributed by atoms with Crippen molar-refractivity contribution >= 4 is 29.1 Å². The first-order valence-electron chi connectivity index (χ1n) is 12.7. The Balaban J connectivity index is 0.000000468. The molecule has 11 heteroatoms. The van der Waals surface area contributed by atoms with E-state index in [4.69, 9.17) is 21.3 Å². The summed E-state index contributed by atoms with van der Waals surface area (Å²) in [5, 5.41) is 26.3. The van der Waals surface area contributed by atoms with Crippen LogP contribution in [-0.4, -0.2) is 92.1 Å². The summed E-state index contributed by atoms with van der Waals surface area (Å²) in [6.07, 6.45) is 4.31. The number of rotatable bonds is 3. The van der Waals surface area contributed by atoms with Crippen LogP contribution in [0.15, 0.2) is 35.9 Å². The van der Waals surface area contributed by atoms with Gasteiger partial charge < -0.3 is 30.3 Å². The second-order valence-electron chi connectivity index (χ2n) is 10.6. The lowest BCUT2D eigenvalue weighted by Crippen LogP contribution is -2.58. The standard InChI is InChI=1S/C21H33N5O4.C5H6N2/c1-6-13-10-24(20(29)30-21(3,4)5)7-8-25(13)17-16-12(2)9-14(11-27)26(16)19(23)15(22)18(17)28;6-5-1-3-7-4-2-5/h12-14,22-23,27H,6-11H2,1-5H3;1-4H,(H2,6,7). The molecule has 3 unspecified atom stereocenters. The number of aromatic nitrogens is 1. The van der Waals surface area contributed by atoms with Gasteiger partial charge in [-0.15, -0.1) is 0 Å². The van der Waals surface area contributed by atoms with E-state index in [0.717, 1.165) is 11.4 Å². The highest BCUT2D eigenvalue weighted by Crippen LogP contribution is 2.40. The molecule has 1 aromatic rings. The van der Waals surface area contributed by atoms with Crippen LogP contribution in [0.2, 0.25) is 0 Å². The summed E-state index contributed by atoms with van der Waals surface area (Å²) < 4.78 is 5.51. The van der Waals surface area contributed by atoms with Crippen LogP contribution in [0.1, 0.15) is 47.5 Å². The van der Waals surface area contributed by atoms with Gasteiger partial charge in [0.1, 0.15) is 17.0 Å². The molecule has 5 N–H and O–H groups in total. The number of amidine groups is 1. The summed E-state index contributed by atoms with van der Waals surface area (Å²) in [5.74, 6) is -0.584. The average Bonchev–Trinajstić information content (AvgIpc) is 3.18. The first kappa shape index (κ1) is 28.1. The van der Waals surface area contributed by atoms with Gasteiger partial charge in [-0.2, -0.15) is 0 Å². The van der Waals surface area contributed by atoms with Crippen molar-refractivity contribution in [1.29, 1.82) is 10.8 Å². The number of ketones is 1. The van der Waals surface area contributed by atoms with E-state index in [1.54, 1.807) is 34.3 Å². The highest BCUT2D eigenvalue weighted by molar-refractivity contribution is 6.69. The number of pyridine rings is 1. The van der Waals surface area contributed by atoms with Crippen LogP contribution < -0.4 is 5.73 Å². The Morgan fingerprint density at radius 2 is 1.86 bits per heavy atom. The zero-order valence-corrected chi connectivity index (χ0v) is 22.3. The number of nitrogens with two attached hydrogens (primary N) is 1. The van der Waals surface area contributed by atoms with Crippen molar-refractivity contribution in [2.24, 2.45) is 5.92 Å². The number of anilines is 1. The molecule has 2 fully saturated rings. The number of nitrogens with zero attached hydrogens (tertiary/aromatic N) is 4. The van der Waals surface area contributed by atoms with Gasteiger partial charge in [0, 0.05) is 49.7 Å². The number of piperazine rings is 1. The Morgan fingerprint density at radius 1 is 1.22 bits per heavy atom. The van der Waals surface area contributed by atoms with Crippen LogP contribution >= 0.6 is 0 Å². The quantitative estimate of drug-likeness (QED) is 0.479. The number of nitrogens with one attached hydrogen (secondary N) is 2. The molecule has 0 spiro atoms. The van der Waals surface area contributed by atoms with Gasteiger partial charge in [-0.05, 0) is 45.7 Å². The Morgan fingerprint density at radius 3 is 2.38 bits per heavy atom. The first-order valence-corrected chi connectivity index (χ1v) is 12.7. The molecule has 0 radical (unpaired) electrons. The summed E-state index contributed by atoms with van der Waals surface area (Å²) in [7, 11) is 0. The van der Waals surface area contributed by atoms with Gasteiger partial charge in [-0.25, -0.2) is 4.79 Å². The lowest BCUT2D eigenvalue weighted by Gasteiger charge is -2.45. The van der Waals surface area contributed by atoms with Crippen LogP contribution in [-0.2, 0) is 9.53 Å². The molecule has 4 rings (SSSR count). The molecule has 1 aromatic heterocycles. The first-order chi connectivity index (χ1) is 17.4. The Bertz CT molecular complexity index is 1070. The van der Waals surface area contributed by atoms with E-state index in [9.17, 15) is 14.7 Å². The number of fused-ring (bicyclic) bond motifs is 1. The number of aliphatic hydroxyl groups excluding tert-OH is 1. The van der Waals surface area contributed by atoms with E-state index in [0.29, 0.717) is 38.2 Å².